The molecule has 3 aromatic rings. The number of para-hydroxylation sites is 2. The molecule has 0 saturated carbocycles. The van der Waals surface area contributed by atoms with Gasteiger partial charge in [-0.05, 0) is 34.1 Å². The molecule has 0 amide bonds. The van der Waals surface area contributed by atoms with Crippen molar-refractivity contribution < 1.29 is 9.50 Å². The molecule has 0 spiro atoms. The molecule has 0 aliphatic heterocycles. The van der Waals surface area contributed by atoms with E-state index in [4.69, 9.17) is 0 Å². The molecule has 1 N–H and O–H groups in total. The van der Waals surface area contributed by atoms with Crippen LogP contribution in [-0.2, 0) is 0 Å². The second-order valence-electron chi connectivity index (χ2n) is 4.33. The molecule has 1 unspecified atom stereocenters. The zero-order valence-corrected chi connectivity index (χ0v) is 11.9. The van der Waals surface area contributed by atoms with E-state index in [9.17, 15) is 9.50 Å². The molecule has 20 heavy (non-hydrogen) atoms. The minimum Gasteiger partial charge on any atom is -0.382 e. The summed E-state index contributed by atoms with van der Waals surface area (Å²) < 4.78 is 14.3. The number of nitrogens with zero attached hydrogens (tertiary/aromatic N) is 2. The Hall–Kier alpha value is -1.85. The van der Waals surface area contributed by atoms with Crippen molar-refractivity contribution in [1.82, 2.24) is 9.97 Å². The number of hydrogen-bond acceptors (Lipinski definition) is 3. The van der Waals surface area contributed by atoms with Gasteiger partial charge in [-0.1, -0.05) is 24.3 Å². The van der Waals surface area contributed by atoms with Gasteiger partial charge in [-0.3, -0.25) is 4.98 Å². The van der Waals surface area contributed by atoms with Crippen molar-refractivity contribution in [3.63, 3.8) is 0 Å². The van der Waals surface area contributed by atoms with Gasteiger partial charge in [0.25, 0.3) is 0 Å². The van der Waals surface area contributed by atoms with Gasteiger partial charge in [-0.2, -0.15) is 0 Å². The molecule has 5 heteroatoms. The average Bonchev–Trinajstić information content (AvgIpc) is 2.49. The second kappa shape index (κ2) is 5.26. The van der Waals surface area contributed by atoms with Gasteiger partial charge >= 0.3 is 0 Å². The van der Waals surface area contributed by atoms with Crippen LogP contribution < -0.4 is 0 Å². The first-order valence-electron chi connectivity index (χ1n) is 6.00. The van der Waals surface area contributed by atoms with E-state index >= 15 is 0 Å². The van der Waals surface area contributed by atoms with E-state index in [2.05, 4.69) is 25.9 Å². The first-order valence-corrected chi connectivity index (χ1v) is 6.80. The molecule has 2 aromatic carbocycles. The third-order valence-corrected chi connectivity index (χ3v) is 3.64. The normalized spacial score (nSPS) is 12.6. The van der Waals surface area contributed by atoms with E-state index in [0.29, 0.717) is 15.7 Å². The third-order valence-electron chi connectivity index (χ3n) is 3.02. The largest absolute Gasteiger partial charge is 0.382 e. The second-order valence-corrected chi connectivity index (χ2v) is 5.18. The van der Waals surface area contributed by atoms with Crippen LogP contribution in [0.25, 0.3) is 11.0 Å². The van der Waals surface area contributed by atoms with Crippen LogP contribution in [0.3, 0.4) is 0 Å². The number of halogens is 2. The van der Waals surface area contributed by atoms with Crippen LogP contribution >= 0.6 is 15.9 Å². The number of aliphatic hydroxyl groups excluding tert-OH is 1. The zero-order chi connectivity index (χ0) is 14.1. The fourth-order valence-electron chi connectivity index (χ4n) is 1.99. The molecule has 0 radical (unpaired) electrons. The number of aromatic nitrogens is 2. The SMILES string of the molecule is OC(c1cnc2ccccc2n1)c1cccc(Br)c1F. The Kier molecular flexibility index (Phi) is 3.46. The molecule has 0 bridgehead atoms. The van der Waals surface area contributed by atoms with Crippen molar-refractivity contribution in [1.29, 1.82) is 0 Å². The molecule has 0 aliphatic rings. The van der Waals surface area contributed by atoms with Crippen LogP contribution in [0.1, 0.15) is 17.4 Å². The molecule has 1 heterocycles. The Morgan fingerprint density at radius 3 is 2.60 bits per heavy atom. The van der Waals surface area contributed by atoms with Crippen LogP contribution in [0, 0.1) is 5.82 Å². The van der Waals surface area contributed by atoms with Gasteiger partial charge < -0.3 is 5.11 Å². The molecule has 0 aliphatic carbocycles. The quantitative estimate of drug-likeness (QED) is 0.779. The van der Waals surface area contributed by atoms with Crippen molar-refractivity contribution in [3.8, 4) is 0 Å². The summed E-state index contributed by atoms with van der Waals surface area (Å²) in [7, 11) is 0. The minimum atomic E-state index is -1.15. The highest BCUT2D eigenvalue weighted by Crippen LogP contribution is 2.27. The van der Waals surface area contributed by atoms with Gasteiger partial charge in [-0.25, -0.2) is 9.37 Å². The van der Waals surface area contributed by atoms with Crippen molar-refractivity contribution >= 4 is 27.0 Å². The fourth-order valence-corrected chi connectivity index (χ4v) is 2.38. The molecule has 0 fully saturated rings. The van der Waals surface area contributed by atoms with Crippen LogP contribution in [0.5, 0.6) is 0 Å². The van der Waals surface area contributed by atoms with E-state index < -0.39 is 11.9 Å². The highest BCUT2D eigenvalue weighted by atomic mass is 79.9. The maximum Gasteiger partial charge on any atom is 0.143 e. The van der Waals surface area contributed by atoms with E-state index in [1.165, 1.54) is 12.3 Å². The van der Waals surface area contributed by atoms with Gasteiger partial charge in [0, 0.05) is 5.56 Å². The molecule has 1 atom stereocenters. The lowest BCUT2D eigenvalue weighted by atomic mass is 10.1. The van der Waals surface area contributed by atoms with Gasteiger partial charge in [-0.15, -0.1) is 0 Å². The monoisotopic (exact) mass is 332 g/mol. The minimum absolute atomic E-state index is 0.170. The number of fused-ring (bicyclic) bond motifs is 1. The first-order chi connectivity index (χ1) is 9.66. The van der Waals surface area contributed by atoms with Crippen molar-refractivity contribution in [3.05, 3.63) is 70.2 Å². The zero-order valence-electron chi connectivity index (χ0n) is 10.3. The lowest BCUT2D eigenvalue weighted by Crippen LogP contribution is -2.06. The lowest BCUT2D eigenvalue weighted by molar-refractivity contribution is 0.210. The topological polar surface area (TPSA) is 46.0 Å². The molecule has 3 rings (SSSR count). The Bertz CT molecular complexity index is 779. The molecular formula is C15H10BrFN2O. The first kappa shape index (κ1) is 13.1. The Morgan fingerprint density at radius 1 is 1.05 bits per heavy atom. The summed E-state index contributed by atoms with van der Waals surface area (Å²) >= 11 is 3.10. The van der Waals surface area contributed by atoms with E-state index in [1.807, 2.05) is 18.2 Å². The summed E-state index contributed by atoms with van der Waals surface area (Å²) in [5.74, 6) is -0.491. The smallest absolute Gasteiger partial charge is 0.143 e. The lowest BCUT2D eigenvalue weighted by Gasteiger charge is -2.12. The number of hydrogen-bond donors (Lipinski definition) is 1. The molecule has 100 valence electrons. The standard InChI is InChI=1S/C15H10BrFN2O/c16-10-5-3-4-9(14(10)17)15(20)13-8-18-11-6-1-2-7-12(11)19-13/h1-8,15,20H. The predicted molar refractivity (Wildman–Crippen MR) is 77.7 cm³/mol. The summed E-state index contributed by atoms with van der Waals surface area (Å²) in [6.45, 7) is 0. The summed E-state index contributed by atoms with van der Waals surface area (Å²) in [5, 5.41) is 10.3. The fraction of sp³-hybridized carbons (Fsp3) is 0.0667. The van der Waals surface area contributed by atoms with Gasteiger partial charge in [0.05, 0.1) is 27.4 Å². The number of rotatable bonds is 2. The van der Waals surface area contributed by atoms with Gasteiger partial charge in [0.2, 0.25) is 0 Å². The van der Waals surface area contributed by atoms with Crippen molar-refractivity contribution in [2.75, 3.05) is 0 Å². The van der Waals surface area contributed by atoms with E-state index in [-0.39, 0.29) is 5.56 Å². The van der Waals surface area contributed by atoms with Gasteiger partial charge in [0.1, 0.15) is 11.9 Å². The highest BCUT2D eigenvalue weighted by molar-refractivity contribution is 9.10. The summed E-state index contributed by atoms with van der Waals surface area (Å²) in [5.41, 5.74) is 1.89. The van der Waals surface area contributed by atoms with E-state index in [1.54, 1.807) is 18.2 Å². The van der Waals surface area contributed by atoms with Crippen LogP contribution in [0.4, 0.5) is 4.39 Å². The summed E-state index contributed by atoms with van der Waals surface area (Å²) in [6, 6.07) is 12.1. The van der Waals surface area contributed by atoms with Crippen molar-refractivity contribution in [2.45, 2.75) is 6.10 Å². The number of aliphatic hydroxyl groups is 1. The summed E-state index contributed by atoms with van der Waals surface area (Å²) in [6.07, 6.45) is 0.317. The van der Waals surface area contributed by atoms with Crippen LogP contribution in [0.15, 0.2) is 53.1 Å². The third kappa shape index (κ3) is 2.30. The highest BCUT2D eigenvalue weighted by Gasteiger charge is 2.18. The molecule has 3 nitrogen and oxygen atoms in total. The maximum atomic E-state index is 14.0. The van der Waals surface area contributed by atoms with Crippen molar-refractivity contribution in [2.24, 2.45) is 0 Å². The average molecular weight is 333 g/mol. The Labute approximate surface area is 123 Å². The van der Waals surface area contributed by atoms with Gasteiger partial charge in [0.15, 0.2) is 0 Å². The van der Waals surface area contributed by atoms with E-state index in [0.717, 1.165) is 5.52 Å². The van der Waals surface area contributed by atoms with Crippen LogP contribution in [0.2, 0.25) is 0 Å². The Balaban J connectivity index is 2.08. The summed E-state index contributed by atoms with van der Waals surface area (Å²) in [4.78, 5) is 8.55. The predicted octanol–water partition coefficient (Wildman–Crippen LogP) is 3.61. The molecule has 1 aromatic heterocycles. The van der Waals surface area contributed by atoms with Crippen LogP contribution in [-0.4, -0.2) is 15.1 Å². The number of benzene rings is 2. The molecular weight excluding hydrogens is 323 g/mol. The Morgan fingerprint density at radius 2 is 1.80 bits per heavy atom. The maximum absolute atomic E-state index is 14.0. The molecule has 0 saturated heterocycles.